The van der Waals surface area contributed by atoms with Crippen LogP contribution in [0, 0.1) is 0 Å². The van der Waals surface area contributed by atoms with Crippen molar-refractivity contribution in [3.63, 3.8) is 0 Å². The fourth-order valence-electron chi connectivity index (χ4n) is 1.24. The quantitative estimate of drug-likeness (QED) is 0.876. The second kappa shape index (κ2) is 6.45. The first kappa shape index (κ1) is 12.9. The van der Waals surface area contributed by atoms with E-state index >= 15 is 0 Å². The van der Waals surface area contributed by atoms with Gasteiger partial charge in [0.15, 0.2) is 0 Å². The lowest BCUT2D eigenvalue weighted by atomic mass is 10.2. The van der Waals surface area contributed by atoms with E-state index in [1.165, 1.54) is 0 Å². The third-order valence-electron chi connectivity index (χ3n) is 2.14. The molecule has 1 heterocycles. The molecule has 3 nitrogen and oxygen atoms in total. The fourth-order valence-corrected chi connectivity index (χ4v) is 2.42. The molecule has 0 aliphatic rings. The standard InChI is InChI=1S/C10H16BrNO2S/c1-3-15(13)7-5-12-8(2)10-9(11)4-6-14-10/h4,6,8,12H,3,5,7H2,1-2H3. The maximum atomic E-state index is 11.2. The molecule has 0 fully saturated rings. The van der Waals surface area contributed by atoms with Crippen molar-refractivity contribution >= 4 is 26.7 Å². The molecule has 0 aliphatic carbocycles. The summed E-state index contributed by atoms with van der Waals surface area (Å²) in [5, 5.41) is 3.27. The second-order valence-electron chi connectivity index (χ2n) is 3.24. The monoisotopic (exact) mass is 293 g/mol. The maximum Gasteiger partial charge on any atom is 0.134 e. The van der Waals surface area contributed by atoms with Crippen molar-refractivity contribution < 1.29 is 8.63 Å². The van der Waals surface area contributed by atoms with Gasteiger partial charge in [-0.1, -0.05) is 6.92 Å². The Morgan fingerprint density at radius 3 is 2.93 bits per heavy atom. The average Bonchev–Trinajstić information content (AvgIpc) is 2.64. The average molecular weight is 294 g/mol. The van der Waals surface area contributed by atoms with Crippen LogP contribution >= 0.6 is 15.9 Å². The maximum absolute atomic E-state index is 11.2. The molecule has 0 saturated carbocycles. The lowest BCUT2D eigenvalue weighted by Crippen LogP contribution is -2.24. The van der Waals surface area contributed by atoms with Crippen molar-refractivity contribution in [3.05, 3.63) is 22.6 Å². The molecule has 15 heavy (non-hydrogen) atoms. The Hall–Kier alpha value is -0.130. The summed E-state index contributed by atoms with van der Waals surface area (Å²) >= 11 is 3.41. The minimum atomic E-state index is -0.700. The highest BCUT2D eigenvalue weighted by molar-refractivity contribution is 9.10. The summed E-state index contributed by atoms with van der Waals surface area (Å²) in [6, 6.07) is 2.01. The molecule has 0 amide bonds. The molecule has 0 radical (unpaired) electrons. The van der Waals surface area contributed by atoms with Crippen molar-refractivity contribution in [2.45, 2.75) is 19.9 Å². The first-order chi connectivity index (χ1) is 7.15. The molecule has 0 spiro atoms. The SMILES string of the molecule is CCS(=O)CCNC(C)c1occc1Br. The van der Waals surface area contributed by atoms with Gasteiger partial charge in [-0.3, -0.25) is 4.21 Å². The summed E-state index contributed by atoms with van der Waals surface area (Å²) in [6.07, 6.45) is 1.65. The van der Waals surface area contributed by atoms with E-state index in [1.54, 1.807) is 6.26 Å². The van der Waals surface area contributed by atoms with E-state index in [2.05, 4.69) is 21.2 Å². The van der Waals surface area contributed by atoms with E-state index in [9.17, 15) is 4.21 Å². The fraction of sp³-hybridized carbons (Fsp3) is 0.600. The summed E-state index contributed by atoms with van der Waals surface area (Å²) in [6.45, 7) is 4.70. The van der Waals surface area contributed by atoms with Gasteiger partial charge in [0.2, 0.25) is 0 Å². The molecule has 0 aliphatic heterocycles. The van der Waals surface area contributed by atoms with Crippen molar-refractivity contribution in [3.8, 4) is 0 Å². The third kappa shape index (κ3) is 4.09. The molecule has 1 aromatic rings. The predicted octanol–water partition coefficient (Wildman–Crippen LogP) is 2.46. The van der Waals surface area contributed by atoms with E-state index in [0.717, 1.165) is 22.5 Å². The highest BCUT2D eigenvalue weighted by Crippen LogP contribution is 2.23. The van der Waals surface area contributed by atoms with Crippen LogP contribution in [0.5, 0.6) is 0 Å². The van der Waals surface area contributed by atoms with Crippen LogP contribution in [0.15, 0.2) is 21.2 Å². The van der Waals surface area contributed by atoms with Crippen LogP contribution in [-0.4, -0.2) is 22.3 Å². The summed E-state index contributed by atoms with van der Waals surface area (Å²) in [5.74, 6) is 2.30. The van der Waals surface area contributed by atoms with Crippen molar-refractivity contribution in [2.75, 3.05) is 18.1 Å². The Morgan fingerprint density at radius 1 is 1.67 bits per heavy atom. The Balaban J connectivity index is 2.34. The van der Waals surface area contributed by atoms with Gasteiger partial charge in [-0.25, -0.2) is 0 Å². The van der Waals surface area contributed by atoms with Gasteiger partial charge in [0, 0.05) is 28.9 Å². The van der Waals surface area contributed by atoms with Crippen LogP contribution in [0.4, 0.5) is 0 Å². The zero-order valence-corrected chi connectivity index (χ0v) is 11.4. The number of furan rings is 1. The van der Waals surface area contributed by atoms with Gasteiger partial charge in [-0.05, 0) is 28.9 Å². The van der Waals surface area contributed by atoms with Gasteiger partial charge in [-0.2, -0.15) is 0 Å². The number of nitrogens with one attached hydrogen (secondary N) is 1. The normalized spacial score (nSPS) is 15.1. The summed E-state index contributed by atoms with van der Waals surface area (Å²) in [7, 11) is -0.700. The van der Waals surface area contributed by atoms with Crippen molar-refractivity contribution in [1.82, 2.24) is 5.32 Å². The van der Waals surface area contributed by atoms with Gasteiger partial charge in [0.1, 0.15) is 5.76 Å². The number of rotatable bonds is 6. The van der Waals surface area contributed by atoms with Gasteiger partial charge in [-0.15, -0.1) is 0 Å². The highest BCUT2D eigenvalue weighted by atomic mass is 79.9. The molecular formula is C10H16BrNO2S. The largest absolute Gasteiger partial charge is 0.466 e. The Labute approximate surface area is 101 Å². The molecular weight excluding hydrogens is 278 g/mol. The van der Waals surface area contributed by atoms with E-state index in [-0.39, 0.29) is 6.04 Å². The smallest absolute Gasteiger partial charge is 0.134 e. The molecule has 5 heteroatoms. The van der Waals surface area contributed by atoms with Gasteiger partial charge >= 0.3 is 0 Å². The number of hydrogen-bond donors (Lipinski definition) is 1. The van der Waals surface area contributed by atoms with E-state index < -0.39 is 10.8 Å². The lowest BCUT2D eigenvalue weighted by Gasteiger charge is -2.11. The molecule has 1 aromatic heterocycles. The lowest BCUT2D eigenvalue weighted by molar-refractivity contribution is 0.435. The predicted molar refractivity (Wildman–Crippen MR) is 66.4 cm³/mol. The summed E-state index contributed by atoms with van der Waals surface area (Å²) in [5.41, 5.74) is 0. The third-order valence-corrected chi connectivity index (χ3v) is 4.10. The van der Waals surface area contributed by atoms with Gasteiger partial charge < -0.3 is 9.73 Å². The second-order valence-corrected chi connectivity index (χ2v) is 5.96. The Kier molecular flexibility index (Phi) is 5.56. The molecule has 2 atom stereocenters. The van der Waals surface area contributed by atoms with E-state index in [0.29, 0.717) is 5.75 Å². The van der Waals surface area contributed by atoms with Crippen molar-refractivity contribution in [2.24, 2.45) is 0 Å². The van der Waals surface area contributed by atoms with E-state index in [1.807, 2.05) is 19.9 Å². The summed E-state index contributed by atoms with van der Waals surface area (Å²) in [4.78, 5) is 0. The highest BCUT2D eigenvalue weighted by Gasteiger charge is 2.11. The minimum absolute atomic E-state index is 0.142. The van der Waals surface area contributed by atoms with Crippen LogP contribution in [0.25, 0.3) is 0 Å². The Bertz CT molecular complexity index is 327. The summed E-state index contributed by atoms with van der Waals surface area (Å²) < 4.78 is 17.5. The molecule has 1 N–H and O–H groups in total. The molecule has 2 unspecified atom stereocenters. The number of hydrogen-bond acceptors (Lipinski definition) is 3. The zero-order chi connectivity index (χ0) is 11.3. The molecule has 1 rings (SSSR count). The van der Waals surface area contributed by atoms with Crippen LogP contribution < -0.4 is 5.32 Å². The van der Waals surface area contributed by atoms with Crippen LogP contribution in [0.1, 0.15) is 25.6 Å². The van der Waals surface area contributed by atoms with E-state index in [4.69, 9.17) is 4.42 Å². The molecule has 0 aromatic carbocycles. The molecule has 0 saturated heterocycles. The first-order valence-electron chi connectivity index (χ1n) is 4.96. The van der Waals surface area contributed by atoms with Crippen molar-refractivity contribution in [1.29, 1.82) is 0 Å². The van der Waals surface area contributed by atoms with Gasteiger partial charge in [0.05, 0.1) is 16.8 Å². The van der Waals surface area contributed by atoms with Crippen LogP contribution in [0.3, 0.4) is 0 Å². The van der Waals surface area contributed by atoms with Crippen LogP contribution in [-0.2, 0) is 10.8 Å². The van der Waals surface area contributed by atoms with Crippen LogP contribution in [0.2, 0.25) is 0 Å². The molecule has 86 valence electrons. The van der Waals surface area contributed by atoms with Gasteiger partial charge in [0.25, 0.3) is 0 Å². The number of halogens is 1. The topological polar surface area (TPSA) is 42.2 Å². The minimum Gasteiger partial charge on any atom is -0.466 e. The molecule has 0 bridgehead atoms. The first-order valence-corrected chi connectivity index (χ1v) is 7.24. The Morgan fingerprint density at radius 2 is 2.40 bits per heavy atom. The zero-order valence-electron chi connectivity index (χ0n) is 8.96.